The van der Waals surface area contributed by atoms with Crippen molar-refractivity contribution in [3.8, 4) is 0 Å². The van der Waals surface area contributed by atoms with E-state index in [4.69, 9.17) is 0 Å². The van der Waals surface area contributed by atoms with E-state index in [2.05, 4.69) is 10.4 Å². The fourth-order valence-electron chi connectivity index (χ4n) is 1.92. The average Bonchev–Trinajstić information content (AvgIpc) is 2.73. The molecule has 2 rings (SSSR count). The van der Waals surface area contributed by atoms with Crippen molar-refractivity contribution in [1.82, 2.24) is 15.1 Å². The van der Waals surface area contributed by atoms with E-state index in [9.17, 15) is 4.39 Å². The fraction of sp³-hybridized carbons (Fsp3) is 0.700. The monoisotopic (exact) mass is 197 g/mol. The Morgan fingerprint density at radius 3 is 3.00 bits per heavy atom. The van der Waals surface area contributed by atoms with Gasteiger partial charge < -0.3 is 5.32 Å². The summed E-state index contributed by atoms with van der Waals surface area (Å²) in [6.07, 6.45) is 2.71. The summed E-state index contributed by atoms with van der Waals surface area (Å²) in [5.41, 5.74) is -0.634. The Bertz CT molecular complexity index is 307. The first-order chi connectivity index (χ1) is 6.59. The van der Waals surface area contributed by atoms with Crippen LogP contribution in [0, 0.1) is 0 Å². The van der Waals surface area contributed by atoms with Crippen LogP contribution >= 0.6 is 0 Å². The molecule has 1 saturated heterocycles. The molecule has 0 aromatic carbocycles. The SMILES string of the molecule is CC(C)(F)c1ccnn1C1CCNC1. The van der Waals surface area contributed by atoms with Gasteiger partial charge in [-0.25, -0.2) is 4.39 Å². The molecule has 4 heteroatoms. The molecule has 0 aliphatic carbocycles. The van der Waals surface area contributed by atoms with Gasteiger partial charge >= 0.3 is 0 Å². The lowest BCUT2D eigenvalue weighted by Crippen LogP contribution is -2.22. The molecule has 0 bridgehead atoms. The summed E-state index contributed by atoms with van der Waals surface area (Å²) in [6.45, 7) is 5.03. The zero-order valence-electron chi connectivity index (χ0n) is 8.63. The second-order valence-corrected chi connectivity index (χ2v) is 4.28. The highest BCUT2D eigenvalue weighted by Gasteiger charge is 2.27. The molecular formula is C10H16FN3. The molecule has 0 radical (unpaired) electrons. The van der Waals surface area contributed by atoms with E-state index in [1.807, 2.05) is 4.68 Å². The van der Waals surface area contributed by atoms with Gasteiger partial charge in [-0.1, -0.05) is 0 Å². The van der Waals surface area contributed by atoms with Crippen molar-refractivity contribution in [3.63, 3.8) is 0 Å². The number of hydrogen-bond acceptors (Lipinski definition) is 2. The third kappa shape index (κ3) is 1.66. The topological polar surface area (TPSA) is 29.9 Å². The van der Waals surface area contributed by atoms with Crippen molar-refractivity contribution in [2.45, 2.75) is 32.0 Å². The third-order valence-electron chi connectivity index (χ3n) is 2.66. The number of nitrogens with one attached hydrogen (secondary N) is 1. The molecule has 1 unspecified atom stereocenters. The highest BCUT2D eigenvalue weighted by Crippen LogP contribution is 2.27. The van der Waals surface area contributed by atoms with Crippen molar-refractivity contribution < 1.29 is 4.39 Å². The fourth-order valence-corrected chi connectivity index (χ4v) is 1.92. The molecule has 3 nitrogen and oxygen atoms in total. The Morgan fingerprint density at radius 2 is 2.43 bits per heavy atom. The molecule has 0 spiro atoms. The zero-order valence-corrected chi connectivity index (χ0v) is 8.63. The van der Waals surface area contributed by atoms with Crippen molar-refractivity contribution in [2.75, 3.05) is 13.1 Å². The first-order valence-electron chi connectivity index (χ1n) is 5.02. The molecule has 1 aliphatic rings. The summed E-state index contributed by atoms with van der Waals surface area (Å²) >= 11 is 0. The van der Waals surface area contributed by atoms with Gasteiger partial charge in [0.15, 0.2) is 0 Å². The van der Waals surface area contributed by atoms with Gasteiger partial charge in [0.1, 0.15) is 5.67 Å². The van der Waals surface area contributed by atoms with Crippen LogP contribution in [0.4, 0.5) is 4.39 Å². The largest absolute Gasteiger partial charge is 0.315 e. The molecule has 0 saturated carbocycles. The number of alkyl halides is 1. The van der Waals surface area contributed by atoms with Gasteiger partial charge in [0.25, 0.3) is 0 Å². The van der Waals surface area contributed by atoms with Crippen LogP contribution in [0.25, 0.3) is 0 Å². The zero-order chi connectivity index (χ0) is 10.2. The van der Waals surface area contributed by atoms with E-state index in [0.29, 0.717) is 11.7 Å². The molecule has 1 aromatic rings. The van der Waals surface area contributed by atoms with Crippen molar-refractivity contribution in [3.05, 3.63) is 18.0 Å². The predicted molar refractivity (Wildman–Crippen MR) is 52.9 cm³/mol. The van der Waals surface area contributed by atoms with Gasteiger partial charge in [-0.15, -0.1) is 0 Å². The lowest BCUT2D eigenvalue weighted by Gasteiger charge is -2.20. The average molecular weight is 197 g/mol. The molecule has 1 aromatic heterocycles. The Labute approximate surface area is 83.3 Å². The summed E-state index contributed by atoms with van der Waals surface area (Å²) in [4.78, 5) is 0. The van der Waals surface area contributed by atoms with Crippen LogP contribution in [0.2, 0.25) is 0 Å². The Morgan fingerprint density at radius 1 is 1.64 bits per heavy atom. The molecule has 1 N–H and O–H groups in total. The summed E-state index contributed by atoms with van der Waals surface area (Å²) < 4.78 is 15.6. The second kappa shape index (κ2) is 3.35. The van der Waals surface area contributed by atoms with Crippen molar-refractivity contribution in [2.24, 2.45) is 0 Å². The number of rotatable bonds is 2. The van der Waals surface area contributed by atoms with Crippen LogP contribution in [-0.4, -0.2) is 22.9 Å². The maximum Gasteiger partial charge on any atom is 0.146 e. The highest BCUT2D eigenvalue weighted by atomic mass is 19.1. The molecular weight excluding hydrogens is 181 g/mol. The van der Waals surface area contributed by atoms with Crippen LogP contribution in [0.15, 0.2) is 12.3 Å². The van der Waals surface area contributed by atoms with E-state index in [1.54, 1.807) is 26.1 Å². The van der Waals surface area contributed by atoms with Gasteiger partial charge in [0.05, 0.1) is 11.7 Å². The van der Waals surface area contributed by atoms with E-state index in [0.717, 1.165) is 19.5 Å². The smallest absolute Gasteiger partial charge is 0.146 e. The first-order valence-corrected chi connectivity index (χ1v) is 5.02. The molecule has 2 heterocycles. The van der Waals surface area contributed by atoms with Gasteiger partial charge in [-0.3, -0.25) is 4.68 Å². The summed E-state index contributed by atoms with van der Waals surface area (Å²) in [7, 11) is 0. The lowest BCUT2D eigenvalue weighted by atomic mass is 10.1. The molecule has 1 fully saturated rings. The molecule has 0 amide bonds. The van der Waals surface area contributed by atoms with Crippen molar-refractivity contribution in [1.29, 1.82) is 0 Å². The number of aromatic nitrogens is 2. The van der Waals surface area contributed by atoms with E-state index < -0.39 is 5.67 Å². The quantitative estimate of drug-likeness (QED) is 0.780. The molecule has 1 aliphatic heterocycles. The Hall–Kier alpha value is -0.900. The van der Waals surface area contributed by atoms with Crippen LogP contribution < -0.4 is 5.32 Å². The van der Waals surface area contributed by atoms with Crippen LogP contribution in [0.3, 0.4) is 0 Å². The minimum atomic E-state index is -1.31. The van der Waals surface area contributed by atoms with Gasteiger partial charge in [-0.2, -0.15) is 5.10 Å². The summed E-state index contributed by atoms with van der Waals surface area (Å²) in [6, 6.07) is 2.08. The maximum atomic E-state index is 13.8. The lowest BCUT2D eigenvalue weighted by molar-refractivity contribution is 0.198. The Balaban J connectivity index is 2.29. The summed E-state index contributed by atoms with van der Waals surface area (Å²) in [5.74, 6) is 0. The number of halogens is 1. The first kappa shape index (κ1) is 9.65. The Kier molecular flexibility index (Phi) is 2.31. The van der Waals surface area contributed by atoms with Gasteiger partial charge in [-0.05, 0) is 32.9 Å². The number of nitrogens with zero attached hydrogens (tertiary/aromatic N) is 2. The standard InChI is InChI=1S/C10H16FN3/c1-10(2,11)9-4-6-13-14(9)8-3-5-12-7-8/h4,6,8,12H,3,5,7H2,1-2H3. The normalized spacial score (nSPS) is 22.9. The highest BCUT2D eigenvalue weighted by molar-refractivity contribution is 5.11. The van der Waals surface area contributed by atoms with E-state index in [1.165, 1.54) is 0 Å². The van der Waals surface area contributed by atoms with E-state index in [-0.39, 0.29) is 0 Å². The van der Waals surface area contributed by atoms with Crippen LogP contribution in [0.5, 0.6) is 0 Å². The number of hydrogen-bond donors (Lipinski definition) is 1. The second-order valence-electron chi connectivity index (χ2n) is 4.28. The molecule has 78 valence electrons. The van der Waals surface area contributed by atoms with Gasteiger partial charge in [0, 0.05) is 12.7 Å². The third-order valence-corrected chi connectivity index (χ3v) is 2.66. The van der Waals surface area contributed by atoms with Gasteiger partial charge in [0.2, 0.25) is 0 Å². The predicted octanol–water partition coefficient (Wildman–Crippen LogP) is 1.62. The van der Waals surface area contributed by atoms with Crippen LogP contribution in [-0.2, 0) is 5.67 Å². The maximum absolute atomic E-state index is 13.8. The minimum absolute atomic E-state index is 0.315. The molecule has 14 heavy (non-hydrogen) atoms. The van der Waals surface area contributed by atoms with Crippen LogP contribution in [0.1, 0.15) is 32.0 Å². The van der Waals surface area contributed by atoms with Crippen molar-refractivity contribution >= 4 is 0 Å². The minimum Gasteiger partial charge on any atom is -0.315 e. The molecule has 1 atom stereocenters. The summed E-state index contributed by atoms with van der Waals surface area (Å²) in [5, 5.41) is 7.46. The van der Waals surface area contributed by atoms with E-state index >= 15 is 0 Å².